The van der Waals surface area contributed by atoms with Gasteiger partial charge in [0.05, 0.1) is 27.8 Å². The zero-order chi connectivity index (χ0) is 19.7. The number of carbonyl (C=O) groups is 2. The summed E-state index contributed by atoms with van der Waals surface area (Å²) < 4.78 is 0. The molecule has 0 bridgehead atoms. The summed E-state index contributed by atoms with van der Waals surface area (Å²) in [6.45, 7) is 3.78. The monoisotopic (exact) mass is 421 g/mol. The maximum atomic E-state index is 13.2. The number of rotatable bonds is 5. The van der Waals surface area contributed by atoms with Crippen LogP contribution in [0, 0.1) is 13.8 Å². The Morgan fingerprint density at radius 1 is 1.00 bits per heavy atom. The van der Waals surface area contributed by atoms with Crippen LogP contribution in [-0.2, 0) is 9.59 Å². The smallest absolute Gasteiger partial charge is 0.272 e. The minimum absolute atomic E-state index is 0.110. The summed E-state index contributed by atoms with van der Waals surface area (Å²) in [4.78, 5) is 27.7. The van der Waals surface area contributed by atoms with Crippen LogP contribution in [0.15, 0.2) is 41.3 Å². The van der Waals surface area contributed by atoms with Gasteiger partial charge in [0.15, 0.2) is 0 Å². The molecule has 0 saturated heterocycles. The molecule has 2 aromatic rings. The van der Waals surface area contributed by atoms with Crippen LogP contribution >= 0.6 is 35.0 Å². The lowest BCUT2D eigenvalue weighted by Crippen LogP contribution is -2.31. The molecule has 4 nitrogen and oxygen atoms in total. The van der Waals surface area contributed by atoms with Crippen LogP contribution in [0.25, 0.3) is 5.57 Å². The first-order valence-corrected chi connectivity index (χ1v) is 9.98. The van der Waals surface area contributed by atoms with E-state index in [9.17, 15) is 14.7 Å². The van der Waals surface area contributed by atoms with E-state index in [1.54, 1.807) is 18.2 Å². The van der Waals surface area contributed by atoms with Crippen molar-refractivity contribution in [1.29, 1.82) is 0 Å². The third-order valence-electron chi connectivity index (χ3n) is 4.33. The van der Waals surface area contributed by atoms with Crippen molar-refractivity contribution in [2.75, 3.05) is 17.3 Å². The van der Waals surface area contributed by atoms with Gasteiger partial charge in [-0.1, -0.05) is 35.3 Å². The van der Waals surface area contributed by atoms with Gasteiger partial charge >= 0.3 is 0 Å². The van der Waals surface area contributed by atoms with Gasteiger partial charge in [-0.25, -0.2) is 4.90 Å². The van der Waals surface area contributed by atoms with Gasteiger partial charge in [0.25, 0.3) is 11.8 Å². The molecule has 1 heterocycles. The number of aryl methyl sites for hydroxylation is 2. The highest BCUT2D eigenvalue weighted by molar-refractivity contribution is 8.04. The van der Waals surface area contributed by atoms with Crippen LogP contribution in [0.2, 0.25) is 10.0 Å². The normalized spacial score (nSPS) is 14.5. The Bertz CT molecular complexity index is 972. The van der Waals surface area contributed by atoms with Gasteiger partial charge in [0, 0.05) is 16.3 Å². The Morgan fingerprint density at radius 3 is 2.37 bits per heavy atom. The highest BCUT2D eigenvalue weighted by Gasteiger charge is 2.40. The van der Waals surface area contributed by atoms with Crippen LogP contribution in [0.3, 0.4) is 0 Å². The molecular formula is C20H17Cl2NO3S. The van der Waals surface area contributed by atoms with Crippen molar-refractivity contribution in [2.24, 2.45) is 0 Å². The second-order valence-electron chi connectivity index (χ2n) is 6.11. The third-order valence-corrected chi connectivity index (χ3v) is 5.93. The molecule has 0 saturated carbocycles. The predicted molar refractivity (Wildman–Crippen MR) is 111 cm³/mol. The maximum absolute atomic E-state index is 13.2. The Labute approximate surface area is 171 Å². The fourth-order valence-corrected chi connectivity index (χ4v) is 4.17. The first-order valence-electron chi connectivity index (χ1n) is 8.24. The van der Waals surface area contributed by atoms with E-state index < -0.39 is 11.8 Å². The lowest BCUT2D eigenvalue weighted by atomic mass is 10.1. The number of nitrogens with zero attached hydrogens (tertiary/aromatic N) is 1. The van der Waals surface area contributed by atoms with Crippen molar-refractivity contribution in [2.45, 2.75) is 13.8 Å². The Morgan fingerprint density at radius 2 is 1.74 bits per heavy atom. The van der Waals surface area contributed by atoms with Crippen LogP contribution in [-0.4, -0.2) is 29.3 Å². The van der Waals surface area contributed by atoms with Gasteiger partial charge in [-0.15, -0.1) is 11.8 Å². The fourth-order valence-electron chi connectivity index (χ4n) is 2.82. The SMILES string of the molecule is Cc1ccc(N2C(=O)C(SCCO)=C(c3ccc(Cl)cc3Cl)C2=O)cc1C. The molecule has 1 aliphatic rings. The van der Waals surface area contributed by atoms with E-state index in [4.69, 9.17) is 23.2 Å². The lowest BCUT2D eigenvalue weighted by Gasteiger charge is -2.16. The van der Waals surface area contributed by atoms with E-state index in [1.807, 2.05) is 26.0 Å². The van der Waals surface area contributed by atoms with Crippen LogP contribution in [0.4, 0.5) is 5.69 Å². The number of aliphatic hydroxyl groups is 1. The zero-order valence-electron chi connectivity index (χ0n) is 14.8. The predicted octanol–water partition coefficient (Wildman–Crippen LogP) is 4.62. The summed E-state index contributed by atoms with van der Waals surface area (Å²) in [7, 11) is 0. The molecule has 0 spiro atoms. The molecule has 3 rings (SSSR count). The number of imide groups is 1. The molecule has 1 aliphatic heterocycles. The van der Waals surface area contributed by atoms with Gasteiger partial charge in [-0.2, -0.15) is 0 Å². The number of benzene rings is 2. The van der Waals surface area contributed by atoms with Gasteiger partial charge in [-0.05, 0) is 49.2 Å². The molecule has 140 valence electrons. The van der Waals surface area contributed by atoms with Crippen molar-refractivity contribution >= 4 is 58.0 Å². The molecule has 1 N–H and O–H groups in total. The minimum atomic E-state index is -0.437. The largest absolute Gasteiger partial charge is 0.396 e. The Hall–Kier alpha value is -1.79. The van der Waals surface area contributed by atoms with Gasteiger partial charge in [0.1, 0.15) is 0 Å². The Balaban J connectivity index is 2.12. The lowest BCUT2D eigenvalue weighted by molar-refractivity contribution is -0.119. The van der Waals surface area contributed by atoms with Crippen molar-refractivity contribution < 1.29 is 14.7 Å². The van der Waals surface area contributed by atoms with E-state index in [2.05, 4.69) is 0 Å². The topological polar surface area (TPSA) is 57.6 Å². The van der Waals surface area contributed by atoms with E-state index in [0.717, 1.165) is 27.8 Å². The first kappa shape index (κ1) is 20.0. The molecule has 2 aromatic carbocycles. The van der Waals surface area contributed by atoms with Crippen molar-refractivity contribution in [3.8, 4) is 0 Å². The van der Waals surface area contributed by atoms with E-state index in [-0.39, 0.29) is 17.1 Å². The van der Waals surface area contributed by atoms with E-state index >= 15 is 0 Å². The molecule has 0 radical (unpaired) electrons. The zero-order valence-corrected chi connectivity index (χ0v) is 17.1. The van der Waals surface area contributed by atoms with Gasteiger partial charge in [0.2, 0.25) is 0 Å². The van der Waals surface area contributed by atoms with Crippen LogP contribution in [0.5, 0.6) is 0 Å². The number of thioether (sulfide) groups is 1. The van der Waals surface area contributed by atoms with Crippen LogP contribution < -0.4 is 4.90 Å². The van der Waals surface area contributed by atoms with Crippen LogP contribution in [0.1, 0.15) is 16.7 Å². The standard InChI is InChI=1S/C20H17Cl2NO3S/c1-11-3-5-14(9-12(11)2)23-19(25)17(18(20(23)26)27-8-7-24)15-6-4-13(21)10-16(15)22/h3-6,9-10,24H,7-8H2,1-2H3. The third kappa shape index (κ3) is 3.78. The molecule has 0 unspecified atom stereocenters. The summed E-state index contributed by atoms with van der Waals surface area (Å²) in [6, 6.07) is 10.2. The summed E-state index contributed by atoms with van der Waals surface area (Å²) >= 11 is 13.4. The Kier molecular flexibility index (Phi) is 5.96. The van der Waals surface area contributed by atoms with Crippen molar-refractivity contribution in [1.82, 2.24) is 0 Å². The quantitative estimate of drug-likeness (QED) is 0.715. The number of hydrogen-bond donors (Lipinski definition) is 1. The number of aliphatic hydroxyl groups excluding tert-OH is 1. The summed E-state index contributed by atoms with van der Waals surface area (Å²) in [5, 5.41) is 9.92. The molecule has 0 fully saturated rings. The highest BCUT2D eigenvalue weighted by atomic mass is 35.5. The average molecular weight is 422 g/mol. The summed E-state index contributed by atoms with van der Waals surface area (Å²) in [5.41, 5.74) is 3.25. The number of anilines is 1. The molecule has 2 amide bonds. The number of halogens is 2. The second-order valence-corrected chi connectivity index (χ2v) is 8.06. The number of hydrogen-bond acceptors (Lipinski definition) is 4. The fraction of sp³-hybridized carbons (Fsp3) is 0.200. The molecule has 0 aliphatic carbocycles. The number of amides is 2. The molecule has 27 heavy (non-hydrogen) atoms. The molecule has 7 heteroatoms. The van der Waals surface area contributed by atoms with Gasteiger partial charge < -0.3 is 5.11 Å². The number of carbonyl (C=O) groups excluding carboxylic acids is 2. The molecular weight excluding hydrogens is 405 g/mol. The molecule has 0 aromatic heterocycles. The van der Waals surface area contributed by atoms with E-state index in [0.29, 0.717) is 27.0 Å². The highest BCUT2D eigenvalue weighted by Crippen LogP contribution is 2.41. The van der Waals surface area contributed by atoms with Crippen molar-refractivity contribution in [3.05, 3.63) is 68.0 Å². The summed E-state index contributed by atoms with van der Waals surface area (Å²) in [5.74, 6) is -0.556. The molecule has 0 atom stereocenters. The summed E-state index contributed by atoms with van der Waals surface area (Å²) in [6.07, 6.45) is 0. The van der Waals surface area contributed by atoms with Crippen molar-refractivity contribution in [3.63, 3.8) is 0 Å². The van der Waals surface area contributed by atoms with E-state index in [1.165, 1.54) is 6.07 Å². The maximum Gasteiger partial charge on any atom is 0.272 e. The average Bonchev–Trinajstić information content (AvgIpc) is 2.86. The van der Waals surface area contributed by atoms with Gasteiger partial charge in [-0.3, -0.25) is 9.59 Å². The second kappa shape index (κ2) is 8.07. The first-order chi connectivity index (χ1) is 12.8. The minimum Gasteiger partial charge on any atom is -0.396 e.